The van der Waals surface area contributed by atoms with Crippen molar-refractivity contribution in [1.82, 2.24) is 4.90 Å². The minimum absolute atomic E-state index is 0.0591. The third-order valence-corrected chi connectivity index (χ3v) is 2.83. The number of aliphatic hydroxyl groups is 1. The average molecular weight is 259 g/mol. The molecule has 1 atom stereocenters. The van der Waals surface area contributed by atoms with Crippen LogP contribution >= 0.6 is 0 Å². The highest BCUT2D eigenvalue weighted by Crippen LogP contribution is 2.15. The Bertz CT molecular complexity index is 280. The summed E-state index contributed by atoms with van der Waals surface area (Å²) in [5.41, 5.74) is 5.57. The van der Waals surface area contributed by atoms with Gasteiger partial charge in [0.2, 0.25) is 5.91 Å². The van der Waals surface area contributed by atoms with Crippen molar-refractivity contribution in [2.45, 2.75) is 33.6 Å². The molecule has 0 rings (SSSR count). The van der Waals surface area contributed by atoms with E-state index in [4.69, 9.17) is 16.0 Å². The molecular weight excluding hydrogens is 234 g/mol. The zero-order valence-corrected chi connectivity index (χ0v) is 11.5. The van der Waals surface area contributed by atoms with Gasteiger partial charge in [-0.3, -0.25) is 4.79 Å². The second kappa shape index (κ2) is 8.74. The van der Waals surface area contributed by atoms with E-state index in [0.717, 1.165) is 12.8 Å². The summed E-state index contributed by atoms with van der Waals surface area (Å²) in [6.45, 7) is 6.50. The maximum absolute atomic E-state index is 12.3. The molecule has 1 amide bonds. The molecule has 0 heterocycles. The molecule has 0 aromatic carbocycles. The molecule has 6 heteroatoms. The van der Waals surface area contributed by atoms with E-state index < -0.39 is 5.92 Å². The Morgan fingerprint density at radius 3 is 2.39 bits per heavy atom. The van der Waals surface area contributed by atoms with Crippen LogP contribution in [0, 0.1) is 11.8 Å². The molecule has 0 aliphatic rings. The molecule has 0 saturated heterocycles. The Hall–Kier alpha value is -1.30. The monoisotopic (exact) mass is 259 g/mol. The van der Waals surface area contributed by atoms with Crippen LogP contribution in [0.4, 0.5) is 0 Å². The zero-order chi connectivity index (χ0) is 14.1. The fourth-order valence-corrected chi connectivity index (χ4v) is 1.81. The highest BCUT2D eigenvalue weighted by molar-refractivity contribution is 6.02. The van der Waals surface area contributed by atoms with Gasteiger partial charge in [0.15, 0.2) is 5.84 Å². The number of carbonyl (C=O) groups excluding carboxylic acids is 1. The van der Waals surface area contributed by atoms with Gasteiger partial charge in [-0.05, 0) is 12.3 Å². The van der Waals surface area contributed by atoms with E-state index in [0.29, 0.717) is 6.54 Å². The summed E-state index contributed by atoms with van der Waals surface area (Å²) in [7, 11) is 0. The van der Waals surface area contributed by atoms with Crippen LogP contribution in [-0.4, -0.2) is 46.7 Å². The van der Waals surface area contributed by atoms with Gasteiger partial charge < -0.3 is 20.9 Å². The molecule has 0 saturated carbocycles. The van der Waals surface area contributed by atoms with Crippen LogP contribution in [0.15, 0.2) is 5.16 Å². The number of hydrogen-bond donors (Lipinski definition) is 3. The molecule has 0 aromatic heterocycles. The van der Waals surface area contributed by atoms with Crippen molar-refractivity contribution < 1.29 is 15.1 Å². The normalized spacial score (nSPS) is 13.7. The van der Waals surface area contributed by atoms with Crippen LogP contribution in [-0.2, 0) is 4.79 Å². The molecular formula is C12H25N3O3. The third-order valence-electron chi connectivity index (χ3n) is 2.83. The van der Waals surface area contributed by atoms with Gasteiger partial charge in [-0.25, -0.2) is 0 Å². The first-order valence-corrected chi connectivity index (χ1v) is 6.36. The van der Waals surface area contributed by atoms with E-state index >= 15 is 0 Å². The predicted octanol–water partition coefficient (Wildman–Crippen LogP) is 0.626. The molecule has 0 radical (unpaired) electrons. The first-order chi connectivity index (χ1) is 8.49. The van der Waals surface area contributed by atoms with E-state index in [1.165, 1.54) is 0 Å². The fourth-order valence-electron chi connectivity index (χ4n) is 1.81. The van der Waals surface area contributed by atoms with Crippen molar-refractivity contribution in [3.05, 3.63) is 0 Å². The van der Waals surface area contributed by atoms with Crippen LogP contribution < -0.4 is 5.73 Å². The third kappa shape index (κ3) is 4.91. The summed E-state index contributed by atoms with van der Waals surface area (Å²) >= 11 is 0. The fraction of sp³-hybridized carbons (Fsp3) is 0.833. The summed E-state index contributed by atoms with van der Waals surface area (Å²) in [6.07, 6.45) is 1.83. The molecule has 6 nitrogen and oxygen atoms in total. The Kier molecular flexibility index (Phi) is 8.11. The van der Waals surface area contributed by atoms with Crippen LogP contribution in [0.2, 0.25) is 0 Å². The second-order valence-corrected chi connectivity index (χ2v) is 4.65. The lowest BCUT2D eigenvalue weighted by molar-refractivity contribution is -0.135. The molecule has 1 unspecified atom stereocenters. The highest BCUT2D eigenvalue weighted by Gasteiger charge is 2.30. The number of carbonyl (C=O) groups is 1. The minimum Gasteiger partial charge on any atom is -0.409 e. The summed E-state index contributed by atoms with van der Waals surface area (Å²) in [4.78, 5) is 13.9. The minimum atomic E-state index is -0.640. The maximum atomic E-state index is 12.3. The van der Waals surface area contributed by atoms with E-state index in [1.807, 2.05) is 20.8 Å². The molecule has 18 heavy (non-hydrogen) atoms. The molecule has 0 aromatic rings. The number of amides is 1. The van der Waals surface area contributed by atoms with E-state index in [1.54, 1.807) is 4.90 Å². The maximum Gasteiger partial charge on any atom is 0.233 e. The Balaban J connectivity index is 4.88. The number of nitrogens with zero attached hydrogens (tertiary/aromatic N) is 2. The van der Waals surface area contributed by atoms with Gasteiger partial charge in [0.1, 0.15) is 5.92 Å². The van der Waals surface area contributed by atoms with E-state index in [9.17, 15) is 4.79 Å². The van der Waals surface area contributed by atoms with Gasteiger partial charge in [-0.15, -0.1) is 0 Å². The molecule has 0 bridgehead atoms. The smallest absolute Gasteiger partial charge is 0.233 e. The van der Waals surface area contributed by atoms with Crippen molar-refractivity contribution >= 4 is 11.7 Å². The number of rotatable bonds is 8. The van der Waals surface area contributed by atoms with Gasteiger partial charge in [-0.1, -0.05) is 32.3 Å². The first-order valence-electron chi connectivity index (χ1n) is 6.36. The molecule has 4 N–H and O–H groups in total. The number of aliphatic hydroxyl groups excluding tert-OH is 1. The molecule has 106 valence electrons. The largest absolute Gasteiger partial charge is 0.409 e. The lowest BCUT2D eigenvalue weighted by Gasteiger charge is -2.28. The van der Waals surface area contributed by atoms with Gasteiger partial charge >= 0.3 is 0 Å². The summed E-state index contributed by atoms with van der Waals surface area (Å²) < 4.78 is 0. The molecule has 0 aliphatic heterocycles. The topological polar surface area (TPSA) is 99.2 Å². The van der Waals surface area contributed by atoms with Crippen molar-refractivity contribution in [1.29, 1.82) is 0 Å². The SMILES string of the molecule is CCCCN(CCO)C(=O)C(C(N)=NO)C(C)C. The quantitative estimate of drug-likeness (QED) is 0.257. The van der Waals surface area contributed by atoms with Gasteiger partial charge in [0.05, 0.1) is 6.61 Å². The van der Waals surface area contributed by atoms with E-state index in [2.05, 4.69) is 5.16 Å². The van der Waals surface area contributed by atoms with Crippen molar-refractivity contribution in [3.8, 4) is 0 Å². The molecule has 0 spiro atoms. The van der Waals surface area contributed by atoms with Crippen molar-refractivity contribution in [2.75, 3.05) is 19.7 Å². The van der Waals surface area contributed by atoms with Gasteiger partial charge in [0, 0.05) is 13.1 Å². The standard InChI is InChI=1S/C12H25N3O3/c1-4-5-6-15(7-8-16)12(17)10(9(2)3)11(13)14-18/h9-10,16,18H,4-8H2,1-3H3,(H2,13,14). The number of hydrogen-bond acceptors (Lipinski definition) is 4. The number of amidine groups is 1. The van der Waals surface area contributed by atoms with Crippen LogP contribution in [0.3, 0.4) is 0 Å². The van der Waals surface area contributed by atoms with Crippen LogP contribution in [0.5, 0.6) is 0 Å². The predicted molar refractivity (Wildman–Crippen MR) is 70.3 cm³/mol. The van der Waals surface area contributed by atoms with Crippen molar-refractivity contribution in [2.24, 2.45) is 22.7 Å². The number of oxime groups is 1. The van der Waals surface area contributed by atoms with Crippen LogP contribution in [0.25, 0.3) is 0 Å². The second-order valence-electron chi connectivity index (χ2n) is 4.65. The Labute approximate surface area is 108 Å². The van der Waals surface area contributed by atoms with Gasteiger partial charge in [0.25, 0.3) is 0 Å². The first kappa shape index (κ1) is 16.7. The zero-order valence-electron chi connectivity index (χ0n) is 11.5. The summed E-state index contributed by atoms with van der Waals surface area (Å²) in [5, 5.41) is 20.7. The lowest BCUT2D eigenvalue weighted by Crippen LogP contribution is -2.45. The number of unbranched alkanes of at least 4 members (excludes halogenated alkanes) is 1. The van der Waals surface area contributed by atoms with Gasteiger partial charge in [-0.2, -0.15) is 0 Å². The molecule has 0 aliphatic carbocycles. The van der Waals surface area contributed by atoms with Crippen LogP contribution in [0.1, 0.15) is 33.6 Å². The summed E-state index contributed by atoms with van der Waals surface area (Å²) in [6, 6.07) is 0. The Morgan fingerprint density at radius 2 is 2.00 bits per heavy atom. The van der Waals surface area contributed by atoms with Crippen molar-refractivity contribution in [3.63, 3.8) is 0 Å². The molecule has 0 fully saturated rings. The van der Waals surface area contributed by atoms with E-state index in [-0.39, 0.29) is 30.8 Å². The average Bonchev–Trinajstić information content (AvgIpc) is 2.33. The highest BCUT2D eigenvalue weighted by atomic mass is 16.4. The number of nitrogens with two attached hydrogens (primary N) is 1. The Morgan fingerprint density at radius 1 is 1.39 bits per heavy atom. The summed E-state index contributed by atoms with van der Waals surface area (Å²) in [5.74, 6) is -0.966. The lowest BCUT2D eigenvalue weighted by atomic mass is 9.93.